The number of nitro groups is 1. The first-order valence-electron chi connectivity index (χ1n) is 8.73. The molecular weight excluding hydrogens is 481 g/mol. The van der Waals surface area contributed by atoms with Crippen molar-refractivity contribution < 1.29 is 22.3 Å². The van der Waals surface area contributed by atoms with Crippen molar-refractivity contribution in [1.29, 1.82) is 0 Å². The number of nitro benzene ring substituents is 1. The van der Waals surface area contributed by atoms with Crippen LogP contribution >= 0.6 is 23.2 Å². The van der Waals surface area contributed by atoms with Gasteiger partial charge in [0.05, 0.1) is 21.7 Å². The Labute approximate surface area is 192 Å². The van der Waals surface area contributed by atoms with E-state index < -0.39 is 20.9 Å². The van der Waals surface area contributed by atoms with Crippen LogP contribution in [-0.2, 0) is 10.1 Å². The van der Waals surface area contributed by atoms with Crippen molar-refractivity contribution in [2.45, 2.75) is 4.90 Å². The van der Waals surface area contributed by atoms with Crippen molar-refractivity contribution in [1.82, 2.24) is 5.43 Å². The van der Waals surface area contributed by atoms with Gasteiger partial charge < -0.3 is 4.18 Å². The predicted octanol–water partition coefficient (Wildman–Crippen LogP) is 4.43. The molecule has 0 heterocycles. The number of nitrogens with one attached hydrogen (secondary N) is 1. The standard InChI is InChI=1S/C20H13Cl2N3O6S/c21-14-7-8-18(19(22)10-14)20(26)24-23-12-13-3-1-5-16(9-13)31-32(29,30)17-6-2-4-15(11-17)25(27)28/h1-12H,(H,24,26)/b23-12-. The minimum absolute atomic E-state index is 0.0486. The molecule has 1 amide bonds. The number of hydrogen-bond donors (Lipinski definition) is 1. The maximum absolute atomic E-state index is 12.4. The van der Waals surface area contributed by atoms with Gasteiger partial charge >= 0.3 is 10.1 Å². The van der Waals surface area contributed by atoms with E-state index in [1.165, 1.54) is 60.8 Å². The normalized spacial score (nSPS) is 11.3. The highest BCUT2D eigenvalue weighted by Gasteiger charge is 2.20. The van der Waals surface area contributed by atoms with Crippen LogP contribution in [0.4, 0.5) is 5.69 Å². The third kappa shape index (κ3) is 5.82. The second kappa shape index (κ2) is 9.77. The Hall–Kier alpha value is -3.47. The second-order valence-corrected chi connectivity index (χ2v) is 8.58. The average molecular weight is 494 g/mol. The topological polar surface area (TPSA) is 128 Å². The molecule has 0 aromatic heterocycles. The summed E-state index contributed by atoms with van der Waals surface area (Å²) in [4.78, 5) is 21.9. The quantitative estimate of drug-likeness (QED) is 0.224. The van der Waals surface area contributed by atoms with E-state index >= 15 is 0 Å². The Bertz CT molecular complexity index is 1330. The van der Waals surface area contributed by atoms with Crippen LogP contribution in [0.15, 0.2) is 76.7 Å². The summed E-state index contributed by atoms with van der Waals surface area (Å²) in [6, 6.07) is 14.7. The van der Waals surface area contributed by atoms with Gasteiger partial charge in [-0.1, -0.05) is 41.4 Å². The molecule has 0 atom stereocenters. The molecule has 3 aromatic carbocycles. The Morgan fingerprint density at radius 1 is 1.06 bits per heavy atom. The molecule has 164 valence electrons. The van der Waals surface area contributed by atoms with Crippen LogP contribution in [0, 0.1) is 10.1 Å². The fourth-order valence-corrected chi connectivity index (χ4v) is 3.93. The Morgan fingerprint density at radius 2 is 1.81 bits per heavy atom. The molecule has 0 bridgehead atoms. The molecule has 0 aliphatic heterocycles. The number of hydrogen-bond acceptors (Lipinski definition) is 7. The van der Waals surface area contributed by atoms with E-state index in [2.05, 4.69) is 10.5 Å². The minimum Gasteiger partial charge on any atom is -0.379 e. The highest BCUT2D eigenvalue weighted by Crippen LogP contribution is 2.23. The molecule has 3 rings (SSSR count). The molecule has 32 heavy (non-hydrogen) atoms. The van der Waals surface area contributed by atoms with Gasteiger partial charge in [0, 0.05) is 17.2 Å². The van der Waals surface area contributed by atoms with Crippen LogP contribution in [0.2, 0.25) is 10.0 Å². The van der Waals surface area contributed by atoms with E-state index in [1.807, 2.05) is 0 Å². The number of benzene rings is 3. The molecule has 0 saturated heterocycles. The van der Waals surface area contributed by atoms with Crippen molar-refractivity contribution in [2.75, 3.05) is 0 Å². The molecule has 12 heteroatoms. The first kappa shape index (κ1) is 23.2. The number of rotatable bonds is 7. The van der Waals surface area contributed by atoms with Crippen molar-refractivity contribution in [2.24, 2.45) is 5.10 Å². The summed E-state index contributed by atoms with van der Waals surface area (Å²) in [6.07, 6.45) is 1.27. The third-order valence-corrected chi connectivity index (χ3v) is 5.73. The van der Waals surface area contributed by atoms with Crippen LogP contribution in [-0.4, -0.2) is 25.5 Å². The van der Waals surface area contributed by atoms with Crippen LogP contribution in [0.5, 0.6) is 5.75 Å². The van der Waals surface area contributed by atoms with Gasteiger partial charge in [-0.25, -0.2) is 5.43 Å². The first-order valence-corrected chi connectivity index (χ1v) is 10.9. The zero-order valence-corrected chi connectivity index (χ0v) is 18.3. The summed E-state index contributed by atoms with van der Waals surface area (Å²) in [7, 11) is -4.31. The van der Waals surface area contributed by atoms with Crippen molar-refractivity contribution in [3.63, 3.8) is 0 Å². The largest absolute Gasteiger partial charge is 0.379 e. The Morgan fingerprint density at radius 3 is 2.53 bits per heavy atom. The summed E-state index contributed by atoms with van der Waals surface area (Å²) in [5.74, 6) is -0.615. The van der Waals surface area contributed by atoms with Gasteiger partial charge in [-0.15, -0.1) is 0 Å². The fraction of sp³-hybridized carbons (Fsp3) is 0. The molecule has 3 aromatic rings. The van der Waals surface area contributed by atoms with Crippen molar-refractivity contribution in [3.05, 3.63) is 98.0 Å². The molecule has 0 fully saturated rings. The highest BCUT2D eigenvalue weighted by atomic mass is 35.5. The number of nitrogens with zero attached hydrogens (tertiary/aromatic N) is 2. The minimum atomic E-state index is -4.31. The van der Waals surface area contributed by atoms with Crippen LogP contribution in [0.1, 0.15) is 15.9 Å². The van der Waals surface area contributed by atoms with E-state index in [-0.39, 0.29) is 26.9 Å². The second-order valence-electron chi connectivity index (χ2n) is 6.19. The molecule has 0 unspecified atom stereocenters. The monoisotopic (exact) mass is 493 g/mol. The van der Waals surface area contributed by atoms with E-state index in [4.69, 9.17) is 27.4 Å². The van der Waals surface area contributed by atoms with Crippen molar-refractivity contribution >= 4 is 51.1 Å². The molecule has 0 spiro atoms. The summed E-state index contributed by atoms with van der Waals surface area (Å²) in [6.45, 7) is 0. The zero-order chi connectivity index (χ0) is 23.3. The van der Waals surface area contributed by atoms with Gasteiger partial charge in [0.1, 0.15) is 10.6 Å². The Balaban J connectivity index is 1.72. The first-order chi connectivity index (χ1) is 15.2. The summed E-state index contributed by atoms with van der Waals surface area (Å²) >= 11 is 11.8. The average Bonchev–Trinajstić information content (AvgIpc) is 2.73. The number of amides is 1. The Kier molecular flexibility index (Phi) is 7.08. The number of carbonyl (C=O) groups is 1. The number of carbonyl (C=O) groups excluding carboxylic acids is 1. The van der Waals surface area contributed by atoms with Crippen LogP contribution in [0.3, 0.4) is 0 Å². The van der Waals surface area contributed by atoms with Crippen LogP contribution in [0.25, 0.3) is 0 Å². The summed E-state index contributed by atoms with van der Waals surface area (Å²) < 4.78 is 30.0. The summed E-state index contributed by atoms with van der Waals surface area (Å²) in [5.41, 5.74) is 2.51. The molecular formula is C20H13Cl2N3O6S. The van der Waals surface area contributed by atoms with E-state index in [0.29, 0.717) is 10.6 Å². The lowest BCUT2D eigenvalue weighted by atomic mass is 10.2. The van der Waals surface area contributed by atoms with Gasteiger partial charge in [0.2, 0.25) is 0 Å². The third-order valence-electron chi connectivity index (χ3n) is 3.94. The van der Waals surface area contributed by atoms with Gasteiger partial charge in [-0.3, -0.25) is 14.9 Å². The smallest absolute Gasteiger partial charge is 0.339 e. The van der Waals surface area contributed by atoms with E-state index in [9.17, 15) is 23.3 Å². The maximum atomic E-state index is 12.4. The highest BCUT2D eigenvalue weighted by molar-refractivity contribution is 7.87. The van der Waals surface area contributed by atoms with Gasteiger partial charge in [-0.05, 0) is 42.0 Å². The van der Waals surface area contributed by atoms with Crippen LogP contribution < -0.4 is 9.61 Å². The lowest BCUT2D eigenvalue weighted by molar-refractivity contribution is -0.385. The van der Waals surface area contributed by atoms with Gasteiger partial charge in [0.25, 0.3) is 11.6 Å². The fourth-order valence-electron chi connectivity index (χ4n) is 2.47. The number of non-ortho nitro benzene ring substituents is 1. The van der Waals surface area contributed by atoms with E-state index in [0.717, 1.165) is 6.07 Å². The SMILES string of the molecule is O=C(N/N=C\c1cccc(OS(=O)(=O)c2cccc([N+](=O)[O-])c2)c1)c1ccc(Cl)cc1Cl. The lowest BCUT2D eigenvalue weighted by Crippen LogP contribution is -2.18. The molecule has 1 N–H and O–H groups in total. The van der Waals surface area contributed by atoms with Gasteiger partial charge in [0.15, 0.2) is 0 Å². The molecule has 0 saturated carbocycles. The lowest BCUT2D eigenvalue weighted by Gasteiger charge is -2.07. The number of halogens is 2. The summed E-state index contributed by atoms with van der Waals surface area (Å²) in [5, 5.41) is 15.2. The molecule has 0 aliphatic carbocycles. The van der Waals surface area contributed by atoms with E-state index in [1.54, 1.807) is 6.07 Å². The molecule has 0 radical (unpaired) electrons. The predicted molar refractivity (Wildman–Crippen MR) is 119 cm³/mol. The van der Waals surface area contributed by atoms with Gasteiger partial charge in [-0.2, -0.15) is 13.5 Å². The maximum Gasteiger partial charge on any atom is 0.339 e. The molecule has 9 nitrogen and oxygen atoms in total. The number of hydrazone groups is 1. The molecule has 0 aliphatic rings. The zero-order valence-electron chi connectivity index (χ0n) is 15.9. The van der Waals surface area contributed by atoms with Crippen molar-refractivity contribution in [3.8, 4) is 5.75 Å².